The van der Waals surface area contributed by atoms with Crippen molar-refractivity contribution in [3.8, 4) is 16.8 Å². The highest BCUT2D eigenvalue weighted by Crippen LogP contribution is 2.45. The van der Waals surface area contributed by atoms with Gasteiger partial charge in [-0.2, -0.15) is 0 Å². The summed E-state index contributed by atoms with van der Waals surface area (Å²) in [6.07, 6.45) is 12.4. The number of anilines is 5. The molecule has 2 aliphatic rings. The van der Waals surface area contributed by atoms with Crippen molar-refractivity contribution < 1.29 is 14.2 Å². The Balaban J connectivity index is 0.617. The SMILES string of the molecule is CNc1cc2c(cc1C)N=C1C=CC(NCCCCCCNC(=O)c3ccc(-c4ccc(C(=O)NCCCCCCNc5ccc6nc7cc(C)c(NC)cc7[n+](-c7ccccc7)c6c5C)cc4)cc3)=C(C)C1N2c1ccccc1. The van der Waals surface area contributed by atoms with E-state index >= 15 is 0 Å². The van der Waals surface area contributed by atoms with Gasteiger partial charge in [0.05, 0.1) is 23.1 Å². The molecular formula is C68H75N10O2+. The Morgan fingerprint density at radius 3 is 1.73 bits per heavy atom. The molecule has 408 valence electrons. The number of aliphatic imine (C=N–C) groups is 1. The van der Waals surface area contributed by atoms with Crippen LogP contribution in [0.5, 0.6) is 0 Å². The molecule has 1 aliphatic heterocycles. The van der Waals surface area contributed by atoms with E-state index in [-0.39, 0.29) is 17.9 Å². The fourth-order valence-electron chi connectivity index (χ4n) is 11.2. The molecule has 2 heterocycles. The minimum absolute atomic E-state index is 0.00791. The minimum atomic E-state index is -0.0688. The first-order chi connectivity index (χ1) is 39.1. The Morgan fingerprint density at radius 1 is 0.550 bits per heavy atom. The van der Waals surface area contributed by atoms with Crippen LogP contribution in [0.4, 0.5) is 34.1 Å². The van der Waals surface area contributed by atoms with Gasteiger partial charge >= 0.3 is 0 Å². The number of amides is 2. The molecule has 1 aliphatic carbocycles. The lowest BCUT2D eigenvalue weighted by atomic mass is 9.90. The molecule has 0 spiro atoms. The van der Waals surface area contributed by atoms with Gasteiger partial charge in [-0.05, 0) is 160 Å². The van der Waals surface area contributed by atoms with E-state index in [0.29, 0.717) is 24.2 Å². The van der Waals surface area contributed by atoms with Crippen LogP contribution in [-0.4, -0.2) is 68.8 Å². The van der Waals surface area contributed by atoms with Crippen molar-refractivity contribution >= 4 is 73.7 Å². The number of allylic oxidation sites excluding steroid dienone is 1. The number of hydrogen-bond donors (Lipinski definition) is 6. The van der Waals surface area contributed by atoms with E-state index in [9.17, 15) is 9.59 Å². The fraction of sp³-hybridized carbons (Fsp3) is 0.279. The van der Waals surface area contributed by atoms with Gasteiger partial charge in [-0.3, -0.25) is 9.59 Å². The van der Waals surface area contributed by atoms with Gasteiger partial charge in [0.1, 0.15) is 11.0 Å². The number of para-hydroxylation sites is 2. The summed E-state index contributed by atoms with van der Waals surface area (Å²) in [4.78, 5) is 38.8. The maximum Gasteiger partial charge on any atom is 0.251 e. The zero-order valence-corrected chi connectivity index (χ0v) is 47.2. The summed E-state index contributed by atoms with van der Waals surface area (Å²) in [5, 5.41) is 20.3. The predicted molar refractivity (Wildman–Crippen MR) is 332 cm³/mol. The first kappa shape index (κ1) is 54.6. The normalized spacial score (nSPS) is 13.7. The van der Waals surface area contributed by atoms with E-state index < -0.39 is 0 Å². The molecule has 2 amide bonds. The van der Waals surface area contributed by atoms with Gasteiger partial charge < -0.3 is 36.8 Å². The topological polar surface area (TPSA) is 139 Å². The van der Waals surface area contributed by atoms with Crippen LogP contribution in [0.3, 0.4) is 0 Å². The quantitative estimate of drug-likeness (QED) is 0.0212. The molecule has 0 fully saturated rings. The first-order valence-electron chi connectivity index (χ1n) is 28.5. The Morgan fingerprint density at radius 2 is 1.11 bits per heavy atom. The summed E-state index contributed by atoms with van der Waals surface area (Å²) in [6.45, 7) is 11.6. The van der Waals surface area contributed by atoms with Gasteiger partial charge in [-0.15, -0.1) is 4.57 Å². The van der Waals surface area contributed by atoms with E-state index in [1.165, 1.54) is 11.1 Å². The van der Waals surface area contributed by atoms with Crippen LogP contribution in [0.1, 0.15) is 95.7 Å². The Labute approximate surface area is 471 Å². The number of carbonyl (C=O) groups excluding carboxylic acids is 2. The number of carbonyl (C=O) groups is 2. The van der Waals surface area contributed by atoms with Crippen LogP contribution in [-0.2, 0) is 0 Å². The molecule has 0 saturated carbocycles. The zero-order valence-electron chi connectivity index (χ0n) is 47.2. The van der Waals surface area contributed by atoms with Crippen LogP contribution < -0.4 is 41.4 Å². The Kier molecular flexibility index (Phi) is 17.3. The van der Waals surface area contributed by atoms with Gasteiger partial charge in [-0.1, -0.05) is 86.3 Å². The lowest BCUT2D eigenvalue weighted by molar-refractivity contribution is -0.538. The summed E-state index contributed by atoms with van der Waals surface area (Å²) in [7, 11) is 3.93. The highest BCUT2D eigenvalue weighted by Gasteiger charge is 2.35. The fourth-order valence-corrected chi connectivity index (χ4v) is 11.2. The number of benzene rings is 7. The van der Waals surface area contributed by atoms with E-state index in [1.807, 2.05) is 62.6 Å². The number of nitrogens with zero attached hydrogens (tertiary/aromatic N) is 4. The van der Waals surface area contributed by atoms with Crippen LogP contribution in [0, 0.1) is 20.8 Å². The van der Waals surface area contributed by atoms with Crippen molar-refractivity contribution in [2.45, 2.75) is 85.1 Å². The van der Waals surface area contributed by atoms with Crippen LogP contribution in [0.25, 0.3) is 38.9 Å². The largest absolute Gasteiger partial charge is 0.388 e. The molecule has 80 heavy (non-hydrogen) atoms. The third-order valence-electron chi connectivity index (χ3n) is 15.7. The summed E-state index contributed by atoms with van der Waals surface area (Å²) in [5.74, 6) is -0.136. The molecule has 6 N–H and O–H groups in total. The molecule has 0 radical (unpaired) electrons. The number of hydrogen-bond acceptors (Lipinski definition) is 9. The summed E-state index contributed by atoms with van der Waals surface area (Å²) < 4.78 is 2.33. The van der Waals surface area contributed by atoms with E-state index in [2.05, 4.69) is 178 Å². The molecule has 1 unspecified atom stereocenters. The number of rotatable bonds is 23. The molecule has 0 saturated heterocycles. The standard InChI is InChI=1S/C68H74N10O2/c1-45-41-61-63(43-59(45)69-5)77(53-21-13-11-14-22-53)65-47(3)55(33-35-57(65)75-61)71-37-17-7-9-19-39-73-67(79)51-29-25-49(26-30-51)50-27-31-52(32-28-50)68(80)74-40-20-10-8-18-38-72-56-34-36-58-66(48(56)4)78(54-23-15-12-16-24-54)64-44-60(70-6)46(2)42-62(64)76-58/h11-16,21-36,41-44,65,69,71H,7-10,17-20,37-40H2,1-6H3,(H3,70,72,73,74,79,80)/p+1. The molecule has 0 bridgehead atoms. The lowest BCUT2D eigenvalue weighted by Gasteiger charge is -2.40. The number of unbranched alkanes of at least 4 members (excludes halogenated alkanes) is 6. The van der Waals surface area contributed by atoms with Crippen molar-refractivity contribution in [3.63, 3.8) is 0 Å². The molecule has 1 atom stereocenters. The average Bonchev–Trinajstić information content (AvgIpc) is 3.63. The van der Waals surface area contributed by atoms with Crippen molar-refractivity contribution in [2.75, 3.05) is 61.1 Å². The van der Waals surface area contributed by atoms with Crippen LogP contribution >= 0.6 is 0 Å². The van der Waals surface area contributed by atoms with Crippen molar-refractivity contribution in [1.82, 2.24) is 20.9 Å². The van der Waals surface area contributed by atoms with Gasteiger partial charge in [0.2, 0.25) is 16.7 Å². The highest BCUT2D eigenvalue weighted by molar-refractivity contribution is 6.11. The number of fused-ring (bicyclic) bond motifs is 4. The third-order valence-corrected chi connectivity index (χ3v) is 15.7. The second-order valence-corrected chi connectivity index (χ2v) is 21.1. The van der Waals surface area contributed by atoms with Crippen molar-refractivity contribution in [3.05, 3.63) is 197 Å². The summed E-state index contributed by atoms with van der Waals surface area (Å²) in [5.41, 5.74) is 21.9. The first-order valence-corrected chi connectivity index (χ1v) is 28.5. The third kappa shape index (κ3) is 12.1. The van der Waals surface area contributed by atoms with Crippen LogP contribution in [0.2, 0.25) is 0 Å². The zero-order chi connectivity index (χ0) is 55.5. The van der Waals surface area contributed by atoms with E-state index in [4.69, 9.17) is 9.98 Å². The molecule has 10 rings (SSSR count). The maximum absolute atomic E-state index is 13.1. The monoisotopic (exact) mass is 1060 g/mol. The Hall–Kier alpha value is -8.77. The van der Waals surface area contributed by atoms with Gasteiger partial charge in [0, 0.05) is 104 Å². The number of nitrogens with one attached hydrogen (secondary N) is 6. The van der Waals surface area contributed by atoms with Gasteiger partial charge in [-0.25, -0.2) is 9.98 Å². The van der Waals surface area contributed by atoms with Crippen LogP contribution in [0.15, 0.2) is 174 Å². The smallest absolute Gasteiger partial charge is 0.251 e. The summed E-state index contributed by atoms with van der Waals surface area (Å²) in [6, 6.07) is 49.5. The molecule has 7 aromatic carbocycles. The molecule has 12 nitrogen and oxygen atoms in total. The van der Waals surface area contributed by atoms with Gasteiger partial charge in [0.15, 0.2) is 0 Å². The highest BCUT2D eigenvalue weighted by atomic mass is 16.2. The predicted octanol–water partition coefficient (Wildman–Crippen LogP) is 13.8. The second-order valence-electron chi connectivity index (χ2n) is 21.1. The van der Waals surface area contributed by atoms with E-state index in [0.717, 1.165) is 160 Å². The summed E-state index contributed by atoms with van der Waals surface area (Å²) >= 11 is 0. The molecule has 8 aromatic rings. The van der Waals surface area contributed by atoms with E-state index in [1.54, 1.807) is 0 Å². The molecule has 1 aromatic heterocycles. The average molecular weight is 1060 g/mol. The second kappa shape index (κ2) is 25.4. The lowest BCUT2D eigenvalue weighted by Crippen LogP contribution is -2.43. The maximum atomic E-state index is 13.1. The van der Waals surface area contributed by atoms with Crippen molar-refractivity contribution in [1.29, 1.82) is 0 Å². The van der Waals surface area contributed by atoms with Crippen molar-refractivity contribution in [2.24, 2.45) is 4.99 Å². The minimum Gasteiger partial charge on any atom is -0.388 e. The molecule has 12 heteroatoms. The number of aromatic nitrogens is 2. The number of aryl methyl sites for hydroxylation is 3. The Bertz CT molecular complexity index is 3610. The van der Waals surface area contributed by atoms with Gasteiger partial charge in [0.25, 0.3) is 11.8 Å². The molecular weight excluding hydrogens is 989 g/mol.